The smallest absolute Gasteiger partial charge is 0.255 e. The van der Waals surface area contributed by atoms with Crippen LogP contribution in [0.4, 0.5) is 11.5 Å². The summed E-state index contributed by atoms with van der Waals surface area (Å²) in [7, 11) is 1.97. The van der Waals surface area contributed by atoms with E-state index in [4.69, 9.17) is 5.73 Å². The van der Waals surface area contributed by atoms with Crippen LogP contribution >= 0.6 is 0 Å². The van der Waals surface area contributed by atoms with Crippen molar-refractivity contribution in [3.8, 4) is 0 Å². The fourth-order valence-corrected chi connectivity index (χ4v) is 3.40. The molecule has 2 atom stereocenters. The standard InChI is InChI=1S/C20H26N4O/c1-15-10-11-24(18(12-15)13-21)20(25)16-8-9-19(22-14-16)23(2)17-6-4-3-5-7-17/h3-9,14-15,18H,10-13,21H2,1-2H3. The van der Waals surface area contributed by atoms with E-state index in [-0.39, 0.29) is 11.9 Å². The van der Waals surface area contributed by atoms with Crippen molar-refractivity contribution < 1.29 is 4.79 Å². The van der Waals surface area contributed by atoms with Crippen molar-refractivity contribution in [3.63, 3.8) is 0 Å². The highest BCUT2D eigenvalue weighted by Gasteiger charge is 2.29. The number of hydrogen-bond donors (Lipinski definition) is 1. The highest BCUT2D eigenvalue weighted by atomic mass is 16.2. The van der Waals surface area contributed by atoms with E-state index in [1.54, 1.807) is 6.20 Å². The zero-order valence-electron chi connectivity index (χ0n) is 14.9. The molecule has 0 aliphatic carbocycles. The van der Waals surface area contributed by atoms with E-state index in [0.29, 0.717) is 18.0 Å². The molecule has 25 heavy (non-hydrogen) atoms. The maximum absolute atomic E-state index is 12.8. The van der Waals surface area contributed by atoms with Crippen LogP contribution in [-0.4, -0.2) is 42.0 Å². The molecule has 3 rings (SSSR count). The number of anilines is 2. The molecule has 1 fully saturated rings. The van der Waals surface area contributed by atoms with Gasteiger partial charge in [0.25, 0.3) is 5.91 Å². The molecule has 0 saturated carbocycles. The lowest BCUT2D eigenvalue weighted by molar-refractivity contribution is 0.0573. The van der Waals surface area contributed by atoms with Gasteiger partial charge in [-0.1, -0.05) is 25.1 Å². The van der Waals surface area contributed by atoms with E-state index in [1.807, 2.05) is 59.3 Å². The minimum atomic E-state index is 0.0313. The third kappa shape index (κ3) is 3.82. The van der Waals surface area contributed by atoms with Crippen LogP contribution in [0.15, 0.2) is 48.7 Å². The average molecular weight is 338 g/mol. The summed E-state index contributed by atoms with van der Waals surface area (Å²) in [5.74, 6) is 1.46. The second-order valence-corrected chi connectivity index (χ2v) is 6.82. The number of aromatic nitrogens is 1. The lowest BCUT2D eigenvalue weighted by atomic mass is 9.92. The van der Waals surface area contributed by atoms with Crippen LogP contribution in [-0.2, 0) is 0 Å². The number of likely N-dealkylation sites (tertiary alicyclic amines) is 1. The minimum Gasteiger partial charge on any atom is -0.334 e. The van der Waals surface area contributed by atoms with Gasteiger partial charge in [-0.25, -0.2) is 4.98 Å². The first-order chi connectivity index (χ1) is 12.1. The topological polar surface area (TPSA) is 62.5 Å². The number of amides is 1. The molecule has 1 amide bonds. The first kappa shape index (κ1) is 17.4. The molecule has 5 nitrogen and oxygen atoms in total. The second-order valence-electron chi connectivity index (χ2n) is 6.82. The molecule has 0 bridgehead atoms. The predicted molar refractivity (Wildman–Crippen MR) is 101 cm³/mol. The van der Waals surface area contributed by atoms with E-state index in [1.165, 1.54) is 0 Å². The number of hydrogen-bond acceptors (Lipinski definition) is 4. The Morgan fingerprint density at radius 3 is 2.68 bits per heavy atom. The van der Waals surface area contributed by atoms with Gasteiger partial charge in [0.15, 0.2) is 0 Å². The first-order valence-electron chi connectivity index (χ1n) is 8.86. The van der Waals surface area contributed by atoms with E-state index in [9.17, 15) is 4.79 Å². The van der Waals surface area contributed by atoms with Gasteiger partial charge in [0.2, 0.25) is 0 Å². The van der Waals surface area contributed by atoms with Crippen molar-refractivity contribution in [2.45, 2.75) is 25.8 Å². The maximum atomic E-state index is 12.8. The molecule has 1 aromatic carbocycles. The van der Waals surface area contributed by atoms with Gasteiger partial charge in [0.05, 0.1) is 5.56 Å². The summed E-state index contributed by atoms with van der Waals surface area (Å²) in [5, 5.41) is 0. The molecule has 5 heteroatoms. The fourth-order valence-electron chi connectivity index (χ4n) is 3.40. The van der Waals surface area contributed by atoms with Crippen LogP contribution in [0.1, 0.15) is 30.1 Å². The largest absolute Gasteiger partial charge is 0.334 e. The summed E-state index contributed by atoms with van der Waals surface area (Å²) in [6.07, 6.45) is 3.68. The molecular weight excluding hydrogens is 312 g/mol. The Balaban J connectivity index is 1.74. The van der Waals surface area contributed by atoms with Crippen LogP contribution in [0.2, 0.25) is 0 Å². The summed E-state index contributed by atoms with van der Waals surface area (Å²) < 4.78 is 0. The number of para-hydroxylation sites is 1. The Morgan fingerprint density at radius 1 is 1.28 bits per heavy atom. The molecular formula is C20H26N4O. The summed E-state index contributed by atoms with van der Waals surface area (Å²) in [6, 6.07) is 13.9. The van der Waals surface area contributed by atoms with E-state index in [2.05, 4.69) is 11.9 Å². The van der Waals surface area contributed by atoms with Crippen LogP contribution in [0.25, 0.3) is 0 Å². The lowest BCUT2D eigenvalue weighted by Crippen LogP contribution is -2.49. The average Bonchev–Trinajstić information content (AvgIpc) is 2.67. The van der Waals surface area contributed by atoms with E-state index < -0.39 is 0 Å². The molecule has 2 unspecified atom stereocenters. The normalized spacial score (nSPS) is 20.4. The SMILES string of the molecule is CC1CCN(C(=O)c2ccc(N(C)c3ccccc3)nc2)C(CN)C1. The third-order valence-corrected chi connectivity index (χ3v) is 4.99. The van der Waals surface area contributed by atoms with E-state index in [0.717, 1.165) is 30.9 Å². The van der Waals surface area contributed by atoms with E-state index >= 15 is 0 Å². The molecule has 0 radical (unpaired) electrons. The van der Waals surface area contributed by atoms with Gasteiger partial charge in [-0.15, -0.1) is 0 Å². The van der Waals surface area contributed by atoms with Gasteiger partial charge < -0.3 is 15.5 Å². The predicted octanol–water partition coefficient (Wildman–Crippen LogP) is 3.05. The molecule has 0 spiro atoms. The Labute approximate surface area is 149 Å². The highest BCUT2D eigenvalue weighted by Crippen LogP contribution is 2.25. The van der Waals surface area contributed by atoms with Gasteiger partial charge in [0.1, 0.15) is 5.82 Å². The summed E-state index contributed by atoms with van der Waals surface area (Å²) in [4.78, 5) is 21.2. The van der Waals surface area contributed by atoms with Gasteiger partial charge in [-0.3, -0.25) is 4.79 Å². The molecule has 2 aromatic rings. The Hall–Kier alpha value is -2.40. The van der Waals surface area contributed by atoms with Gasteiger partial charge >= 0.3 is 0 Å². The second kappa shape index (κ2) is 7.66. The van der Waals surface area contributed by atoms with Crippen molar-refractivity contribution in [3.05, 3.63) is 54.2 Å². The van der Waals surface area contributed by atoms with Gasteiger partial charge in [0, 0.05) is 38.1 Å². The molecule has 1 aliphatic heterocycles. The minimum absolute atomic E-state index is 0.0313. The van der Waals surface area contributed by atoms with Crippen LogP contribution in [0.5, 0.6) is 0 Å². The summed E-state index contributed by atoms with van der Waals surface area (Å²) in [6.45, 7) is 3.51. The Morgan fingerprint density at radius 2 is 2.04 bits per heavy atom. The Bertz CT molecular complexity index is 701. The molecule has 1 aromatic heterocycles. The van der Waals surface area contributed by atoms with Gasteiger partial charge in [-0.05, 0) is 43.0 Å². The van der Waals surface area contributed by atoms with Gasteiger partial charge in [-0.2, -0.15) is 0 Å². The summed E-state index contributed by atoms with van der Waals surface area (Å²) in [5.41, 5.74) is 7.56. The molecule has 1 aliphatic rings. The highest BCUT2D eigenvalue weighted by molar-refractivity contribution is 5.94. The molecule has 2 N–H and O–H groups in total. The van der Waals surface area contributed by atoms with Crippen molar-refractivity contribution in [1.29, 1.82) is 0 Å². The number of carbonyl (C=O) groups excluding carboxylic acids is 1. The number of benzene rings is 1. The van der Waals surface area contributed by atoms with Crippen LogP contribution in [0.3, 0.4) is 0 Å². The maximum Gasteiger partial charge on any atom is 0.255 e. The zero-order chi connectivity index (χ0) is 17.8. The van der Waals surface area contributed by atoms with Crippen molar-refractivity contribution >= 4 is 17.4 Å². The van der Waals surface area contributed by atoms with Crippen LogP contribution in [0, 0.1) is 5.92 Å². The number of nitrogens with two attached hydrogens (primary N) is 1. The monoisotopic (exact) mass is 338 g/mol. The van der Waals surface area contributed by atoms with Crippen molar-refractivity contribution in [1.82, 2.24) is 9.88 Å². The number of pyridine rings is 1. The molecule has 132 valence electrons. The number of piperidine rings is 1. The first-order valence-corrected chi connectivity index (χ1v) is 8.86. The number of rotatable bonds is 4. The third-order valence-electron chi connectivity index (χ3n) is 4.99. The number of carbonyl (C=O) groups is 1. The quantitative estimate of drug-likeness (QED) is 0.931. The lowest BCUT2D eigenvalue weighted by Gasteiger charge is -2.38. The zero-order valence-corrected chi connectivity index (χ0v) is 14.9. The fraction of sp³-hybridized carbons (Fsp3) is 0.400. The number of nitrogens with zero attached hydrogens (tertiary/aromatic N) is 3. The Kier molecular flexibility index (Phi) is 5.34. The van der Waals surface area contributed by atoms with Crippen molar-refractivity contribution in [2.24, 2.45) is 11.7 Å². The van der Waals surface area contributed by atoms with Crippen molar-refractivity contribution in [2.75, 3.05) is 25.0 Å². The molecule has 2 heterocycles. The summed E-state index contributed by atoms with van der Waals surface area (Å²) >= 11 is 0. The van der Waals surface area contributed by atoms with Crippen LogP contribution < -0.4 is 10.6 Å². The molecule has 1 saturated heterocycles.